The van der Waals surface area contributed by atoms with Crippen molar-refractivity contribution in [3.8, 4) is 0 Å². The van der Waals surface area contributed by atoms with E-state index in [4.69, 9.17) is 5.11 Å². The quantitative estimate of drug-likeness (QED) is 0.861. The number of carbonyl (C=O) groups is 2. The predicted octanol–water partition coefficient (Wildman–Crippen LogP) is 2.16. The maximum atomic E-state index is 13.0. The van der Waals surface area contributed by atoms with Crippen LogP contribution in [0.3, 0.4) is 0 Å². The molecule has 0 bridgehead atoms. The van der Waals surface area contributed by atoms with Crippen molar-refractivity contribution in [1.29, 1.82) is 0 Å². The average molecular weight is 277 g/mol. The highest BCUT2D eigenvalue weighted by Crippen LogP contribution is 2.17. The molecule has 106 valence electrons. The largest absolute Gasteiger partial charge is 0.481 e. The molecule has 2 rings (SSSR count). The summed E-state index contributed by atoms with van der Waals surface area (Å²) in [6.07, 6.45) is 4.19. The average Bonchev–Trinajstić information content (AvgIpc) is 2.45. The molecule has 1 atom stereocenters. The number of likely N-dealkylation sites (tertiary alicyclic amines) is 1. The Morgan fingerprint density at radius 3 is 2.90 bits per heavy atom. The Morgan fingerprint density at radius 2 is 2.20 bits per heavy atom. The highest BCUT2D eigenvalue weighted by molar-refractivity contribution is 5.92. The third kappa shape index (κ3) is 3.66. The van der Waals surface area contributed by atoms with E-state index in [2.05, 4.69) is 0 Å². The fraction of sp³-hybridized carbons (Fsp3) is 0.333. The zero-order chi connectivity index (χ0) is 14.5. The minimum absolute atomic E-state index is 0.236. The maximum absolute atomic E-state index is 13.0. The zero-order valence-corrected chi connectivity index (χ0v) is 11.0. The molecule has 0 spiro atoms. The van der Waals surface area contributed by atoms with Gasteiger partial charge >= 0.3 is 5.97 Å². The Bertz CT molecular complexity index is 542. The number of halogens is 1. The summed E-state index contributed by atoms with van der Waals surface area (Å²) < 4.78 is 13.0. The third-order valence-corrected chi connectivity index (χ3v) is 3.35. The van der Waals surface area contributed by atoms with Crippen molar-refractivity contribution in [2.45, 2.75) is 12.8 Å². The van der Waals surface area contributed by atoms with Crippen LogP contribution >= 0.6 is 0 Å². The van der Waals surface area contributed by atoms with Gasteiger partial charge in [0.25, 0.3) is 0 Å². The molecule has 1 N–H and O–H groups in total. The van der Waals surface area contributed by atoms with Crippen molar-refractivity contribution in [2.75, 3.05) is 13.1 Å². The summed E-state index contributed by atoms with van der Waals surface area (Å²) in [5, 5.41) is 8.98. The second-order valence-corrected chi connectivity index (χ2v) is 4.85. The van der Waals surface area contributed by atoms with Crippen LogP contribution in [0.1, 0.15) is 18.4 Å². The molecule has 1 saturated heterocycles. The molecule has 1 aromatic carbocycles. The van der Waals surface area contributed by atoms with Crippen LogP contribution in [0.15, 0.2) is 30.3 Å². The molecule has 1 amide bonds. The summed E-state index contributed by atoms with van der Waals surface area (Å²) in [6, 6.07) is 5.94. The molecule has 0 aliphatic carbocycles. The number of nitrogens with zero attached hydrogens (tertiary/aromatic N) is 1. The number of hydrogen-bond donors (Lipinski definition) is 1. The lowest BCUT2D eigenvalue weighted by molar-refractivity contribution is -0.144. The Morgan fingerprint density at radius 1 is 1.40 bits per heavy atom. The number of carboxylic acids is 1. The van der Waals surface area contributed by atoms with E-state index in [9.17, 15) is 14.0 Å². The van der Waals surface area contributed by atoms with E-state index in [1.807, 2.05) is 0 Å². The number of hydrogen-bond acceptors (Lipinski definition) is 2. The minimum Gasteiger partial charge on any atom is -0.481 e. The highest BCUT2D eigenvalue weighted by atomic mass is 19.1. The minimum atomic E-state index is -0.864. The van der Waals surface area contributed by atoms with E-state index in [0.717, 1.165) is 0 Å². The molecule has 5 heteroatoms. The van der Waals surface area contributed by atoms with Gasteiger partial charge in [-0.2, -0.15) is 0 Å². The third-order valence-electron chi connectivity index (χ3n) is 3.35. The second kappa shape index (κ2) is 6.32. The molecule has 4 nitrogen and oxygen atoms in total. The lowest BCUT2D eigenvalue weighted by atomic mass is 9.98. The van der Waals surface area contributed by atoms with Crippen molar-refractivity contribution >= 4 is 18.0 Å². The molecule has 1 fully saturated rings. The van der Waals surface area contributed by atoms with E-state index in [-0.39, 0.29) is 18.3 Å². The van der Waals surface area contributed by atoms with Crippen LogP contribution in [0, 0.1) is 11.7 Å². The van der Waals surface area contributed by atoms with Gasteiger partial charge in [-0.05, 0) is 36.6 Å². The van der Waals surface area contributed by atoms with Gasteiger partial charge in [0.05, 0.1) is 5.92 Å². The van der Waals surface area contributed by atoms with Crippen molar-refractivity contribution in [1.82, 2.24) is 4.90 Å². The van der Waals surface area contributed by atoms with Gasteiger partial charge < -0.3 is 10.0 Å². The van der Waals surface area contributed by atoms with E-state index in [0.29, 0.717) is 24.9 Å². The van der Waals surface area contributed by atoms with Crippen LogP contribution in [0.5, 0.6) is 0 Å². The van der Waals surface area contributed by atoms with Crippen molar-refractivity contribution in [2.24, 2.45) is 5.92 Å². The van der Waals surface area contributed by atoms with Crippen LogP contribution < -0.4 is 0 Å². The van der Waals surface area contributed by atoms with Crippen LogP contribution in [-0.2, 0) is 9.59 Å². The van der Waals surface area contributed by atoms with Crippen molar-refractivity contribution in [3.63, 3.8) is 0 Å². The van der Waals surface area contributed by atoms with Gasteiger partial charge in [-0.1, -0.05) is 12.1 Å². The van der Waals surface area contributed by atoms with Gasteiger partial charge in [-0.15, -0.1) is 0 Å². The molecule has 0 radical (unpaired) electrons. The molecule has 20 heavy (non-hydrogen) atoms. The van der Waals surface area contributed by atoms with Gasteiger partial charge in [0.2, 0.25) is 5.91 Å². The summed E-state index contributed by atoms with van der Waals surface area (Å²) >= 11 is 0. The Hall–Kier alpha value is -2.17. The number of carboxylic acid groups (broad SMARTS) is 1. The molecule has 1 heterocycles. The maximum Gasteiger partial charge on any atom is 0.308 e. The fourth-order valence-electron chi connectivity index (χ4n) is 2.26. The van der Waals surface area contributed by atoms with Crippen molar-refractivity contribution in [3.05, 3.63) is 41.7 Å². The van der Waals surface area contributed by atoms with E-state index in [1.54, 1.807) is 12.1 Å². The topological polar surface area (TPSA) is 57.6 Å². The van der Waals surface area contributed by atoms with Gasteiger partial charge in [-0.25, -0.2) is 4.39 Å². The number of piperidine rings is 1. The normalized spacial score (nSPS) is 19.2. The smallest absolute Gasteiger partial charge is 0.308 e. The summed E-state index contributed by atoms with van der Waals surface area (Å²) in [7, 11) is 0. The number of carbonyl (C=O) groups excluding carboxylic acids is 1. The molecular weight excluding hydrogens is 261 g/mol. The molecule has 1 aromatic rings. The van der Waals surface area contributed by atoms with Gasteiger partial charge in [0, 0.05) is 19.2 Å². The standard InChI is InChI=1S/C15H16FNO3/c16-13-5-1-3-11(9-13)6-7-14(18)17-8-2-4-12(10-17)15(19)20/h1,3,5-7,9,12H,2,4,8,10H2,(H,19,20)/b7-6+/t12-/m0/s1. The fourth-order valence-corrected chi connectivity index (χ4v) is 2.26. The number of amides is 1. The Labute approximate surface area is 116 Å². The summed E-state index contributed by atoms with van der Waals surface area (Å²) in [5.41, 5.74) is 0.602. The van der Waals surface area contributed by atoms with E-state index < -0.39 is 11.9 Å². The molecule has 0 aromatic heterocycles. The second-order valence-electron chi connectivity index (χ2n) is 4.85. The number of rotatable bonds is 3. The molecule has 1 aliphatic rings. The van der Waals surface area contributed by atoms with E-state index >= 15 is 0 Å². The first-order valence-electron chi connectivity index (χ1n) is 6.51. The molecule has 0 saturated carbocycles. The predicted molar refractivity (Wildman–Crippen MR) is 72.4 cm³/mol. The zero-order valence-electron chi connectivity index (χ0n) is 11.0. The Balaban J connectivity index is 1.99. The first-order valence-corrected chi connectivity index (χ1v) is 6.51. The lowest BCUT2D eigenvalue weighted by Crippen LogP contribution is -2.41. The van der Waals surface area contributed by atoms with E-state index in [1.165, 1.54) is 29.2 Å². The summed E-state index contributed by atoms with van der Waals surface area (Å²) in [6.45, 7) is 0.803. The Kier molecular flexibility index (Phi) is 4.50. The first-order chi connectivity index (χ1) is 9.56. The monoisotopic (exact) mass is 277 g/mol. The number of benzene rings is 1. The van der Waals surface area contributed by atoms with Crippen LogP contribution in [0.2, 0.25) is 0 Å². The SMILES string of the molecule is O=C(O)[C@H]1CCCN(C(=O)/C=C/c2cccc(F)c2)C1. The van der Waals surface area contributed by atoms with Crippen LogP contribution in [0.25, 0.3) is 6.08 Å². The van der Waals surface area contributed by atoms with Crippen molar-refractivity contribution < 1.29 is 19.1 Å². The van der Waals surface area contributed by atoms with Crippen LogP contribution in [-0.4, -0.2) is 35.0 Å². The van der Waals surface area contributed by atoms with Gasteiger partial charge in [-0.3, -0.25) is 9.59 Å². The number of aliphatic carboxylic acids is 1. The first kappa shape index (κ1) is 14.2. The van der Waals surface area contributed by atoms with Gasteiger partial charge in [0.1, 0.15) is 5.82 Å². The summed E-state index contributed by atoms with van der Waals surface area (Å²) in [4.78, 5) is 24.4. The van der Waals surface area contributed by atoms with Gasteiger partial charge in [0.15, 0.2) is 0 Å². The van der Waals surface area contributed by atoms with Crippen LogP contribution in [0.4, 0.5) is 4.39 Å². The highest BCUT2D eigenvalue weighted by Gasteiger charge is 2.26. The molecule has 1 aliphatic heterocycles. The molecule has 0 unspecified atom stereocenters. The lowest BCUT2D eigenvalue weighted by Gasteiger charge is -2.29. The molecular formula is C15H16FNO3. The summed E-state index contributed by atoms with van der Waals surface area (Å²) in [5.74, 6) is -1.95.